The Morgan fingerprint density at radius 1 is 1.03 bits per heavy atom. The summed E-state index contributed by atoms with van der Waals surface area (Å²) < 4.78 is 32.2. The molecule has 1 amide bonds. The summed E-state index contributed by atoms with van der Waals surface area (Å²) in [4.78, 5) is 14.5. The highest BCUT2D eigenvalue weighted by Crippen LogP contribution is 2.19. The van der Waals surface area contributed by atoms with Crippen LogP contribution in [0.4, 0.5) is 5.69 Å². The first-order chi connectivity index (χ1) is 14.8. The van der Waals surface area contributed by atoms with Crippen molar-refractivity contribution in [1.29, 1.82) is 0 Å². The number of methoxy groups -OCH3 is 1. The highest BCUT2D eigenvalue weighted by molar-refractivity contribution is 7.89. The summed E-state index contributed by atoms with van der Waals surface area (Å²) in [6, 6.07) is 13.5. The molecule has 0 atom stereocenters. The average Bonchev–Trinajstić information content (AvgIpc) is 2.75. The number of hydrogen-bond acceptors (Lipinski definition) is 6. The zero-order chi connectivity index (χ0) is 22.4. The van der Waals surface area contributed by atoms with Crippen molar-refractivity contribution >= 4 is 38.9 Å². The van der Waals surface area contributed by atoms with Gasteiger partial charge in [-0.3, -0.25) is 4.79 Å². The van der Waals surface area contributed by atoms with E-state index in [1.807, 2.05) is 19.2 Å². The van der Waals surface area contributed by atoms with Crippen LogP contribution in [0, 0.1) is 0 Å². The first-order valence-electron chi connectivity index (χ1n) is 9.80. The number of nitrogens with one attached hydrogen (secondary N) is 2. The molecule has 0 aromatic heterocycles. The van der Waals surface area contributed by atoms with E-state index in [1.54, 1.807) is 31.4 Å². The molecule has 0 radical (unpaired) electrons. The van der Waals surface area contributed by atoms with E-state index in [0.717, 1.165) is 11.3 Å². The third-order valence-electron chi connectivity index (χ3n) is 4.99. The van der Waals surface area contributed by atoms with Crippen LogP contribution in [0.3, 0.4) is 0 Å². The molecule has 31 heavy (non-hydrogen) atoms. The number of benzene rings is 2. The first-order valence-corrected chi connectivity index (χ1v) is 11.7. The topological polar surface area (TPSA) is 91.0 Å². The number of ether oxygens (including phenoxy) is 1. The first kappa shape index (κ1) is 23.1. The van der Waals surface area contributed by atoms with Crippen LogP contribution < -0.4 is 15.4 Å². The Kier molecular flexibility index (Phi) is 7.60. The molecule has 0 saturated carbocycles. The summed E-state index contributed by atoms with van der Waals surface area (Å²) in [6.45, 7) is 2.37. The van der Waals surface area contributed by atoms with Crippen LogP contribution in [-0.4, -0.2) is 69.0 Å². The van der Waals surface area contributed by atoms with E-state index in [1.165, 1.54) is 16.4 Å². The fraction of sp³-hybridized carbons (Fsp3) is 0.333. The highest BCUT2D eigenvalue weighted by Gasteiger charge is 2.27. The molecule has 1 heterocycles. The van der Waals surface area contributed by atoms with Gasteiger partial charge in [-0.1, -0.05) is 12.1 Å². The monoisotopic (exact) mass is 462 g/mol. The molecule has 1 saturated heterocycles. The number of anilines is 1. The number of carbonyl (C=O) groups is 1. The maximum atomic E-state index is 12.8. The maximum Gasteiger partial charge on any atom is 0.243 e. The molecule has 1 aliphatic heterocycles. The Balaban J connectivity index is 1.54. The molecule has 2 N–H and O–H groups in total. The van der Waals surface area contributed by atoms with Gasteiger partial charge in [0, 0.05) is 31.9 Å². The predicted molar refractivity (Wildman–Crippen MR) is 124 cm³/mol. The molecule has 166 valence electrons. The number of likely N-dealkylation sites (N-methyl/N-ethyl adjacent to an activating group) is 1. The lowest BCUT2D eigenvalue weighted by atomic mass is 10.1. The van der Waals surface area contributed by atoms with E-state index < -0.39 is 10.0 Å². The standard InChI is InChI=1S/C21H26N4O4S2/c1-24-11-13-25(14-12-24)31(27,28)19-9-5-17(6-10-19)22-21(30)23-20(26)15-16-3-7-18(29-2)8-4-16/h3-10H,11-15H2,1-2H3,(H2,22,23,26,30). The van der Waals surface area contributed by atoms with Gasteiger partial charge in [-0.05, 0) is 61.2 Å². The fourth-order valence-corrected chi connectivity index (χ4v) is 4.80. The number of amides is 1. The Hall–Kier alpha value is -2.53. The lowest BCUT2D eigenvalue weighted by Crippen LogP contribution is -2.46. The highest BCUT2D eigenvalue weighted by atomic mass is 32.2. The van der Waals surface area contributed by atoms with Crippen molar-refractivity contribution in [3.05, 3.63) is 54.1 Å². The van der Waals surface area contributed by atoms with Crippen molar-refractivity contribution in [3.63, 3.8) is 0 Å². The van der Waals surface area contributed by atoms with Crippen molar-refractivity contribution in [2.24, 2.45) is 0 Å². The van der Waals surface area contributed by atoms with Gasteiger partial charge in [0.1, 0.15) is 5.75 Å². The average molecular weight is 463 g/mol. The largest absolute Gasteiger partial charge is 0.497 e. The molecule has 2 aromatic rings. The SMILES string of the molecule is COc1ccc(CC(=O)NC(=S)Nc2ccc(S(=O)(=O)N3CCN(C)CC3)cc2)cc1. The van der Waals surface area contributed by atoms with E-state index >= 15 is 0 Å². The van der Waals surface area contributed by atoms with Crippen molar-refractivity contribution in [1.82, 2.24) is 14.5 Å². The quantitative estimate of drug-likeness (QED) is 0.632. The number of hydrogen-bond donors (Lipinski definition) is 2. The molecule has 8 nitrogen and oxygen atoms in total. The lowest BCUT2D eigenvalue weighted by Gasteiger charge is -2.31. The summed E-state index contributed by atoms with van der Waals surface area (Å²) in [5.41, 5.74) is 1.42. The fourth-order valence-electron chi connectivity index (χ4n) is 3.15. The van der Waals surface area contributed by atoms with Gasteiger partial charge in [0.15, 0.2) is 5.11 Å². The molecule has 10 heteroatoms. The number of nitrogens with zero attached hydrogens (tertiary/aromatic N) is 2. The van der Waals surface area contributed by atoms with Crippen LogP contribution in [0.2, 0.25) is 0 Å². The number of sulfonamides is 1. The summed E-state index contributed by atoms with van der Waals surface area (Å²) >= 11 is 5.19. The molecule has 0 bridgehead atoms. The maximum absolute atomic E-state index is 12.8. The molecule has 0 spiro atoms. The zero-order valence-corrected chi connectivity index (χ0v) is 19.1. The normalized spacial score (nSPS) is 15.3. The van der Waals surface area contributed by atoms with Gasteiger partial charge >= 0.3 is 0 Å². The van der Waals surface area contributed by atoms with Crippen molar-refractivity contribution in [3.8, 4) is 5.75 Å². The van der Waals surface area contributed by atoms with E-state index in [9.17, 15) is 13.2 Å². The summed E-state index contributed by atoms with van der Waals surface area (Å²) in [5, 5.41) is 5.68. The van der Waals surface area contributed by atoms with E-state index in [4.69, 9.17) is 17.0 Å². The van der Waals surface area contributed by atoms with E-state index in [0.29, 0.717) is 31.9 Å². The molecule has 0 unspecified atom stereocenters. The van der Waals surface area contributed by atoms with Gasteiger partial charge < -0.3 is 20.3 Å². The second-order valence-corrected chi connectivity index (χ2v) is 9.61. The van der Waals surface area contributed by atoms with Gasteiger partial charge in [-0.2, -0.15) is 4.31 Å². The minimum Gasteiger partial charge on any atom is -0.497 e. The summed E-state index contributed by atoms with van der Waals surface area (Å²) in [6.07, 6.45) is 0.175. The van der Waals surface area contributed by atoms with Crippen LogP contribution >= 0.6 is 12.2 Å². The van der Waals surface area contributed by atoms with Crippen LogP contribution in [0.25, 0.3) is 0 Å². The zero-order valence-electron chi connectivity index (χ0n) is 17.5. The third-order valence-corrected chi connectivity index (χ3v) is 7.11. The Morgan fingerprint density at radius 3 is 2.23 bits per heavy atom. The third kappa shape index (κ3) is 6.23. The van der Waals surface area contributed by atoms with Gasteiger partial charge in [-0.25, -0.2) is 8.42 Å². The molecule has 0 aliphatic carbocycles. The predicted octanol–water partition coefficient (Wildman–Crippen LogP) is 1.69. The number of thiocarbonyl (C=S) groups is 1. The van der Waals surface area contributed by atoms with Crippen molar-refractivity contribution in [2.75, 3.05) is 45.7 Å². The number of rotatable bonds is 6. The molecule has 1 aliphatic rings. The molecule has 3 rings (SSSR count). The lowest BCUT2D eigenvalue weighted by molar-refractivity contribution is -0.119. The second-order valence-electron chi connectivity index (χ2n) is 7.26. The Bertz CT molecular complexity index is 1020. The Labute approximate surface area is 188 Å². The van der Waals surface area contributed by atoms with Crippen molar-refractivity contribution < 1.29 is 17.9 Å². The molecular weight excluding hydrogens is 436 g/mol. The van der Waals surface area contributed by atoms with Crippen LogP contribution in [0.15, 0.2) is 53.4 Å². The Morgan fingerprint density at radius 2 is 1.65 bits per heavy atom. The van der Waals surface area contributed by atoms with Gasteiger partial charge in [-0.15, -0.1) is 0 Å². The molecule has 2 aromatic carbocycles. The van der Waals surface area contributed by atoms with Crippen LogP contribution in [0.5, 0.6) is 5.75 Å². The number of carbonyl (C=O) groups excluding carboxylic acids is 1. The molecule has 1 fully saturated rings. The smallest absolute Gasteiger partial charge is 0.243 e. The van der Waals surface area contributed by atoms with E-state index in [-0.39, 0.29) is 22.3 Å². The second kappa shape index (κ2) is 10.2. The van der Waals surface area contributed by atoms with Gasteiger partial charge in [0.2, 0.25) is 15.9 Å². The van der Waals surface area contributed by atoms with Gasteiger partial charge in [0.25, 0.3) is 0 Å². The minimum absolute atomic E-state index is 0.146. The van der Waals surface area contributed by atoms with E-state index in [2.05, 4.69) is 15.5 Å². The van der Waals surface area contributed by atoms with Gasteiger partial charge in [0.05, 0.1) is 18.4 Å². The van der Waals surface area contributed by atoms with Crippen molar-refractivity contribution in [2.45, 2.75) is 11.3 Å². The number of piperazine rings is 1. The molecular formula is C21H26N4O4S2. The van der Waals surface area contributed by atoms with Crippen LogP contribution in [0.1, 0.15) is 5.56 Å². The summed E-state index contributed by atoms with van der Waals surface area (Å²) in [5.74, 6) is 0.469. The summed E-state index contributed by atoms with van der Waals surface area (Å²) in [7, 11) is 0.0368. The minimum atomic E-state index is -3.52. The van der Waals surface area contributed by atoms with Crippen LogP contribution in [-0.2, 0) is 21.2 Å².